The summed E-state index contributed by atoms with van der Waals surface area (Å²) in [5, 5.41) is 20.6. The number of carbonyl (C=O) groups excluding carboxylic acids is 2. The summed E-state index contributed by atoms with van der Waals surface area (Å²) in [5.41, 5.74) is 5.74. The molecule has 0 spiro atoms. The summed E-state index contributed by atoms with van der Waals surface area (Å²) in [7, 11) is -1.55. The van der Waals surface area contributed by atoms with Crippen molar-refractivity contribution in [1.82, 2.24) is 0 Å². The third-order valence-corrected chi connectivity index (χ3v) is 6.34. The van der Waals surface area contributed by atoms with Gasteiger partial charge in [-0.25, -0.2) is 18.0 Å². The third-order valence-electron chi connectivity index (χ3n) is 5.23. The summed E-state index contributed by atoms with van der Waals surface area (Å²) in [6.45, 7) is 0. The summed E-state index contributed by atoms with van der Waals surface area (Å²) in [6, 6.07) is 13.7. The van der Waals surface area contributed by atoms with Gasteiger partial charge < -0.3 is 20.3 Å². The molecule has 0 saturated heterocycles. The zero-order valence-electron chi connectivity index (χ0n) is 18.5. The van der Waals surface area contributed by atoms with Gasteiger partial charge in [-0.3, -0.25) is 4.90 Å². The first-order valence-electron chi connectivity index (χ1n) is 9.75. The van der Waals surface area contributed by atoms with E-state index in [4.69, 9.17) is 15.2 Å². The Morgan fingerprint density at radius 2 is 1.71 bits per heavy atom. The number of nitrogens with two attached hydrogens (primary N) is 1. The molecule has 0 fully saturated rings. The molecule has 2 aromatic carbocycles. The summed E-state index contributed by atoms with van der Waals surface area (Å²) in [4.78, 5) is 26.7. The highest BCUT2D eigenvalue weighted by Crippen LogP contribution is 2.45. The van der Waals surface area contributed by atoms with Crippen LogP contribution >= 0.6 is 0 Å². The van der Waals surface area contributed by atoms with E-state index in [9.17, 15) is 28.4 Å². The number of benzene rings is 2. The third kappa shape index (κ3) is 4.18. The van der Waals surface area contributed by atoms with Crippen molar-refractivity contribution < 1.29 is 32.6 Å². The molecule has 1 aliphatic rings. The summed E-state index contributed by atoms with van der Waals surface area (Å²) in [5.74, 6) is -3.82. The van der Waals surface area contributed by atoms with E-state index in [0.717, 1.165) is 37.5 Å². The van der Waals surface area contributed by atoms with Crippen molar-refractivity contribution in [2.45, 2.75) is 10.8 Å². The molecule has 11 heteroatoms. The zero-order chi connectivity index (χ0) is 25.2. The lowest BCUT2D eigenvalue weighted by molar-refractivity contribution is -0.139. The Morgan fingerprint density at radius 3 is 2.24 bits per heavy atom. The van der Waals surface area contributed by atoms with Gasteiger partial charge in [0.05, 0.1) is 47.9 Å². The molecular formula is C23H21N3O7S. The van der Waals surface area contributed by atoms with Crippen LogP contribution in [0.1, 0.15) is 11.5 Å². The molecule has 3 N–H and O–H groups in total. The van der Waals surface area contributed by atoms with Gasteiger partial charge in [0.1, 0.15) is 17.3 Å². The van der Waals surface area contributed by atoms with Crippen molar-refractivity contribution in [3.05, 3.63) is 76.8 Å². The number of carbonyl (C=O) groups is 2. The highest BCUT2D eigenvalue weighted by atomic mass is 32.2. The van der Waals surface area contributed by atoms with Gasteiger partial charge in [-0.15, -0.1) is 0 Å². The average molecular weight is 484 g/mol. The number of anilines is 1. The molecule has 176 valence electrons. The number of ether oxygens (including phenoxy) is 2. The maximum atomic E-state index is 13.0. The first-order chi connectivity index (χ1) is 16.1. The van der Waals surface area contributed by atoms with Crippen molar-refractivity contribution in [1.29, 1.82) is 5.26 Å². The molecule has 0 radical (unpaired) electrons. The van der Waals surface area contributed by atoms with Gasteiger partial charge in [0.2, 0.25) is 0 Å². The van der Waals surface area contributed by atoms with Crippen molar-refractivity contribution in [2.75, 3.05) is 25.4 Å². The van der Waals surface area contributed by atoms with Crippen molar-refractivity contribution >= 4 is 27.5 Å². The molecule has 10 nitrogen and oxygen atoms in total. The largest absolute Gasteiger partial charge is 0.506 e. The van der Waals surface area contributed by atoms with E-state index in [2.05, 4.69) is 0 Å². The van der Waals surface area contributed by atoms with Gasteiger partial charge in [0.15, 0.2) is 9.84 Å². The number of sulfone groups is 1. The number of esters is 2. The topological polar surface area (TPSA) is 160 Å². The number of rotatable bonds is 5. The predicted molar refractivity (Wildman–Crippen MR) is 121 cm³/mol. The molecule has 2 aromatic rings. The normalized spacial score (nSPS) is 16.2. The number of methoxy groups -OCH3 is 2. The maximum absolute atomic E-state index is 13.0. The summed E-state index contributed by atoms with van der Waals surface area (Å²) in [6.07, 6.45) is 0.960. The van der Waals surface area contributed by atoms with Crippen LogP contribution in [-0.4, -0.2) is 45.9 Å². The molecule has 1 aliphatic heterocycles. The van der Waals surface area contributed by atoms with E-state index in [0.29, 0.717) is 5.56 Å². The Morgan fingerprint density at radius 1 is 1.09 bits per heavy atom. The van der Waals surface area contributed by atoms with Crippen LogP contribution in [0.3, 0.4) is 0 Å². The lowest BCUT2D eigenvalue weighted by Gasteiger charge is -2.36. The van der Waals surface area contributed by atoms with E-state index in [1.54, 1.807) is 30.3 Å². The minimum atomic E-state index is -3.73. The van der Waals surface area contributed by atoms with E-state index in [1.807, 2.05) is 6.07 Å². The van der Waals surface area contributed by atoms with Crippen LogP contribution in [-0.2, 0) is 28.9 Å². The van der Waals surface area contributed by atoms with E-state index >= 15 is 0 Å². The fraction of sp³-hybridized carbons (Fsp3) is 0.174. The quantitative estimate of drug-likeness (QED) is 0.599. The van der Waals surface area contributed by atoms with Gasteiger partial charge >= 0.3 is 11.9 Å². The maximum Gasteiger partial charge on any atom is 0.355 e. The predicted octanol–water partition coefficient (Wildman–Crippen LogP) is 1.69. The minimum absolute atomic E-state index is 0.122. The lowest BCUT2D eigenvalue weighted by Crippen LogP contribution is -2.40. The van der Waals surface area contributed by atoms with Crippen molar-refractivity contribution in [3.8, 4) is 11.8 Å². The summed E-state index contributed by atoms with van der Waals surface area (Å²) < 4.78 is 34.1. The van der Waals surface area contributed by atoms with E-state index in [-0.39, 0.29) is 27.6 Å². The second-order valence-corrected chi connectivity index (χ2v) is 9.27. The number of phenols is 1. The summed E-state index contributed by atoms with van der Waals surface area (Å²) >= 11 is 0. The number of aromatic hydroxyl groups is 1. The van der Waals surface area contributed by atoms with Gasteiger partial charge in [-0.05, 0) is 23.8 Å². The van der Waals surface area contributed by atoms with Gasteiger partial charge in [-0.2, -0.15) is 5.26 Å². The lowest BCUT2D eigenvalue weighted by atomic mass is 9.81. The first kappa shape index (κ1) is 24.3. The molecule has 34 heavy (non-hydrogen) atoms. The molecule has 1 unspecified atom stereocenters. The zero-order valence-corrected chi connectivity index (χ0v) is 19.3. The molecule has 1 heterocycles. The fourth-order valence-corrected chi connectivity index (χ4v) is 4.32. The van der Waals surface area contributed by atoms with Gasteiger partial charge in [0.25, 0.3) is 0 Å². The Labute approximate surface area is 196 Å². The molecule has 1 atom stereocenters. The molecule has 0 aromatic heterocycles. The van der Waals surface area contributed by atoms with E-state index < -0.39 is 39.1 Å². The molecule has 3 rings (SSSR count). The highest BCUT2D eigenvalue weighted by Gasteiger charge is 2.43. The second-order valence-electron chi connectivity index (χ2n) is 7.26. The van der Waals surface area contributed by atoms with Crippen molar-refractivity contribution in [3.63, 3.8) is 0 Å². The van der Waals surface area contributed by atoms with Crippen LogP contribution in [0.4, 0.5) is 5.69 Å². The average Bonchev–Trinajstić information content (AvgIpc) is 2.82. The molecular weight excluding hydrogens is 462 g/mol. The second kappa shape index (κ2) is 9.29. The SMILES string of the molecule is COC(=O)C1=C(C(=O)OC)N(c2cc(S(C)(=O)=O)ccc2O)C(N)=C(C#N)C1c1ccccc1. The van der Waals surface area contributed by atoms with Crippen LogP contribution in [0, 0.1) is 11.3 Å². The number of allylic oxidation sites excluding steroid dienone is 1. The Bertz CT molecular complexity index is 1370. The molecule has 0 bridgehead atoms. The fourth-order valence-electron chi connectivity index (χ4n) is 3.68. The smallest absolute Gasteiger partial charge is 0.355 e. The number of hydrogen-bond acceptors (Lipinski definition) is 10. The molecule has 0 amide bonds. The number of nitrogens with zero attached hydrogens (tertiary/aromatic N) is 2. The monoisotopic (exact) mass is 483 g/mol. The minimum Gasteiger partial charge on any atom is -0.506 e. The molecule has 0 aliphatic carbocycles. The Balaban J connectivity index is 2.48. The van der Waals surface area contributed by atoms with Crippen LogP contribution in [0.5, 0.6) is 5.75 Å². The van der Waals surface area contributed by atoms with Crippen molar-refractivity contribution in [2.24, 2.45) is 5.73 Å². The standard InChI is InChI=1S/C23H21N3O7S/c1-32-22(28)19-18(13-7-5-4-6-8-13)15(12-24)21(25)26(20(19)23(29)33-2)16-11-14(34(3,30)31)9-10-17(16)27/h4-11,18,27H,25H2,1-3H3. The highest BCUT2D eigenvalue weighted by molar-refractivity contribution is 7.90. The van der Waals surface area contributed by atoms with Crippen LogP contribution < -0.4 is 10.6 Å². The van der Waals surface area contributed by atoms with Gasteiger partial charge in [0, 0.05) is 6.26 Å². The van der Waals surface area contributed by atoms with Crippen LogP contribution in [0.25, 0.3) is 0 Å². The number of phenolic OH excluding ortho intramolecular Hbond substituents is 1. The Hall–Kier alpha value is -4.30. The number of hydrogen-bond donors (Lipinski definition) is 2. The van der Waals surface area contributed by atoms with Gasteiger partial charge in [-0.1, -0.05) is 30.3 Å². The Kier molecular flexibility index (Phi) is 6.65. The van der Waals surface area contributed by atoms with Crippen LogP contribution in [0.15, 0.2) is 76.1 Å². The van der Waals surface area contributed by atoms with E-state index in [1.165, 1.54) is 6.07 Å². The molecule has 0 saturated carbocycles. The van der Waals surface area contributed by atoms with Crippen LogP contribution in [0.2, 0.25) is 0 Å². The number of nitriles is 1. The first-order valence-corrected chi connectivity index (χ1v) is 11.6.